The van der Waals surface area contributed by atoms with E-state index in [0.29, 0.717) is 11.5 Å². The van der Waals surface area contributed by atoms with Crippen LogP contribution in [0.1, 0.15) is 51.0 Å². The van der Waals surface area contributed by atoms with Crippen molar-refractivity contribution in [2.45, 2.75) is 57.7 Å². The number of methoxy groups -OCH3 is 2. The molecule has 1 aromatic carbocycles. The van der Waals surface area contributed by atoms with Crippen molar-refractivity contribution in [2.24, 2.45) is 0 Å². The Morgan fingerprint density at radius 3 is 2.03 bits per heavy atom. The Kier molecular flexibility index (Phi) is 11.0. The first-order valence-electron chi connectivity index (χ1n) is 9.92. The predicted molar refractivity (Wildman–Crippen MR) is 118 cm³/mol. The molecule has 1 amide bonds. The molecule has 1 fully saturated rings. The van der Waals surface area contributed by atoms with Crippen LogP contribution in [-0.2, 0) is 9.59 Å². The average Bonchev–Trinajstić information content (AvgIpc) is 2.91. The van der Waals surface area contributed by atoms with Gasteiger partial charge >= 0.3 is 0 Å². The van der Waals surface area contributed by atoms with Gasteiger partial charge < -0.3 is 19.9 Å². The van der Waals surface area contributed by atoms with Crippen molar-refractivity contribution in [3.05, 3.63) is 17.7 Å². The monoisotopic (exact) mass is 426 g/mol. The number of nitrogens with one attached hydrogen (secondary N) is 2. The van der Waals surface area contributed by atoms with Crippen molar-refractivity contribution in [3.8, 4) is 17.2 Å². The first kappa shape index (κ1) is 25.2. The zero-order valence-electron chi connectivity index (χ0n) is 18.0. The number of phenols is 1. The molecule has 8 heteroatoms. The highest BCUT2D eigenvalue weighted by atomic mass is 31.0. The fourth-order valence-electron chi connectivity index (χ4n) is 3.10. The molecule has 0 aliphatic heterocycles. The van der Waals surface area contributed by atoms with E-state index in [-0.39, 0.29) is 35.8 Å². The van der Waals surface area contributed by atoms with Crippen molar-refractivity contribution in [2.75, 3.05) is 27.3 Å². The molecule has 1 aliphatic rings. The molecule has 1 aromatic rings. The van der Waals surface area contributed by atoms with Crippen LogP contribution in [0.4, 0.5) is 0 Å². The summed E-state index contributed by atoms with van der Waals surface area (Å²) >= 11 is 0. The lowest BCUT2D eigenvalue weighted by Gasteiger charge is -2.29. The van der Waals surface area contributed by atoms with Crippen LogP contribution in [0.5, 0.6) is 17.2 Å². The van der Waals surface area contributed by atoms with Crippen molar-refractivity contribution < 1.29 is 24.2 Å². The van der Waals surface area contributed by atoms with Crippen LogP contribution in [0, 0.1) is 6.92 Å². The minimum Gasteiger partial charge on any atom is -0.502 e. The van der Waals surface area contributed by atoms with Crippen molar-refractivity contribution in [1.29, 1.82) is 0 Å². The second-order valence-corrected chi connectivity index (χ2v) is 8.53. The summed E-state index contributed by atoms with van der Waals surface area (Å²) in [6.07, 6.45) is 7.19. The number of rotatable bonds is 7. The fourth-order valence-corrected chi connectivity index (χ4v) is 3.61. The van der Waals surface area contributed by atoms with E-state index < -0.39 is 0 Å². The Labute approximate surface area is 176 Å². The quantitative estimate of drug-likeness (QED) is 0.458. The lowest BCUT2D eigenvalue weighted by Crippen LogP contribution is -2.45. The van der Waals surface area contributed by atoms with E-state index in [9.17, 15) is 14.7 Å². The van der Waals surface area contributed by atoms with E-state index in [4.69, 9.17) is 9.47 Å². The number of ether oxygens (including phenoxy) is 2. The molecule has 1 aliphatic carbocycles. The molecule has 164 valence electrons. The van der Waals surface area contributed by atoms with Crippen LogP contribution in [-0.4, -0.2) is 49.4 Å². The summed E-state index contributed by atoms with van der Waals surface area (Å²) in [5.41, 5.74) is 0.988. The second-order valence-electron chi connectivity index (χ2n) is 7.42. The van der Waals surface area contributed by atoms with E-state index >= 15 is 0 Å². The van der Waals surface area contributed by atoms with Crippen LogP contribution in [0.2, 0.25) is 0 Å². The molecule has 3 N–H and O–H groups in total. The van der Waals surface area contributed by atoms with Crippen molar-refractivity contribution in [3.63, 3.8) is 0 Å². The molecule has 1 saturated carbocycles. The molecule has 0 spiro atoms. The minimum absolute atomic E-state index is 0.00403. The Balaban J connectivity index is 0.000000308. The van der Waals surface area contributed by atoms with E-state index in [2.05, 4.69) is 19.9 Å². The smallest absolute Gasteiger partial charge is 0.234 e. The largest absolute Gasteiger partial charge is 0.502 e. The van der Waals surface area contributed by atoms with Gasteiger partial charge in [-0.05, 0) is 44.4 Å². The summed E-state index contributed by atoms with van der Waals surface area (Å²) in [7, 11) is 5.88. The summed E-state index contributed by atoms with van der Waals surface area (Å²) in [6.45, 7) is 3.79. The summed E-state index contributed by atoms with van der Waals surface area (Å²) < 4.78 is 9.88. The number of hydrogen-bond donors (Lipinski definition) is 3. The third-order valence-corrected chi connectivity index (χ3v) is 5.54. The topological polar surface area (TPSA) is 96.9 Å². The predicted octanol–water partition coefficient (Wildman–Crippen LogP) is 2.92. The summed E-state index contributed by atoms with van der Waals surface area (Å²) in [5.74, 6) is 0.795. The lowest BCUT2D eigenvalue weighted by molar-refractivity contribution is -0.124. The van der Waals surface area contributed by atoms with E-state index in [0.717, 1.165) is 18.4 Å². The molecule has 0 saturated heterocycles. The fraction of sp³-hybridized carbons (Fsp3) is 0.619. The number of hydrogen-bond acceptors (Lipinski definition) is 6. The Hall–Kier alpha value is -1.85. The summed E-state index contributed by atoms with van der Waals surface area (Å²) in [5, 5.41) is 15.4. The van der Waals surface area contributed by atoms with Gasteiger partial charge in [0.05, 0.1) is 27.3 Å². The van der Waals surface area contributed by atoms with E-state index in [1.54, 1.807) is 12.1 Å². The number of carbonyl (C=O) groups excluding carboxylic acids is 2. The average molecular weight is 426 g/mol. The number of benzene rings is 1. The van der Waals surface area contributed by atoms with Gasteiger partial charge in [-0.15, -0.1) is 9.24 Å². The summed E-state index contributed by atoms with van der Waals surface area (Å²) in [6, 6.07) is 3.50. The standard InChI is InChI=1S/C12H23N2O2P.C9H12O3/c1-10(15)8-13-11(16)9-14-12(17)6-4-2-3-5-7-12;1-6-4-7(11-2)9(10)8(5-6)12-3/h14H,2-9,17H2,1H3,(H,13,16);4-5,10H,1-3H3. The number of phenolic OH excluding ortho intramolecular Hbond substituents is 1. The van der Waals surface area contributed by atoms with Gasteiger partial charge in [-0.1, -0.05) is 25.7 Å². The Morgan fingerprint density at radius 2 is 1.59 bits per heavy atom. The van der Waals surface area contributed by atoms with Crippen LogP contribution in [0.15, 0.2) is 12.1 Å². The first-order chi connectivity index (χ1) is 13.7. The van der Waals surface area contributed by atoms with Gasteiger partial charge in [0.2, 0.25) is 11.7 Å². The number of Topliss-reactive ketones (excluding diaryl/α,β-unsaturated/α-hetero) is 1. The lowest BCUT2D eigenvalue weighted by atomic mass is 10.1. The second kappa shape index (κ2) is 12.7. The zero-order chi connectivity index (χ0) is 21.9. The molecular weight excluding hydrogens is 391 g/mol. The zero-order valence-corrected chi connectivity index (χ0v) is 19.1. The van der Waals surface area contributed by atoms with Crippen LogP contribution >= 0.6 is 9.24 Å². The van der Waals surface area contributed by atoms with Gasteiger partial charge in [-0.25, -0.2) is 0 Å². The molecule has 1 unspecified atom stereocenters. The highest BCUT2D eigenvalue weighted by molar-refractivity contribution is 7.18. The molecular formula is C21H35N2O5P. The highest BCUT2D eigenvalue weighted by Crippen LogP contribution is 2.36. The van der Waals surface area contributed by atoms with Gasteiger partial charge in [-0.3, -0.25) is 14.9 Å². The Bertz CT molecular complexity index is 648. The van der Waals surface area contributed by atoms with Gasteiger partial charge in [0.1, 0.15) is 5.78 Å². The van der Waals surface area contributed by atoms with Crippen LogP contribution in [0.25, 0.3) is 0 Å². The molecule has 2 rings (SSSR count). The van der Waals surface area contributed by atoms with Crippen LogP contribution < -0.4 is 20.1 Å². The molecule has 29 heavy (non-hydrogen) atoms. The van der Waals surface area contributed by atoms with Crippen molar-refractivity contribution in [1.82, 2.24) is 10.6 Å². The SMILES string of the molecule is CC(=O)CNC(=O)CNC1(P)CCCCCC1.COc1cc(C)cc(OC)c1O. The normalized spacial score (nSPS) is 15.3. The first-order valence-corrected chi connectivity index (χ1v) is 10.5. The van der Waals surface area contributed by atoms with Crippen LogP contribution in [0.3, 0.4) is 0 Å². The number of aryl methyl sites for hydroxylation is 1. The number of ketones is 1. The summed E-state index contributed by atoms with van der Waals surface area (Å²) in [4.78, 5) is 22.2. The molecule has 0 aromatic heterocycles. The minimum atomic E-state index is -0.105. The van der Waals surface area contributed by atoms with Gasteiger partial charge in [-0.2, -0.15) is 0 Å². The van der Waals surface area contributed by atoms with E-state index in [1.165, 1.54) is 46.8 Å². The number of aromatic hydroxyl groups is 1. The van der Waals surface area contributed by atoms with Gasteiger partial charge in [0, 0.05) is 5.28 Å². The third-order valence-electron chi connectivity index (χ3n) is 4.76. The van der Waals surface area contributed by atoms with Gasteiger partial charge in [0.25, 0.3) is 0 Å². The maximum Gasteiger partial charge on any atom is 0.234 e. The molecule has 0 radical (unpaired) electrons. The molecule has 0 bridgehead atoms. The maximum atomic E-state index is 11.5. The van der Waals surface area contributed by atoms with Gasteiger partial charge in [0.15, 0.2) is 11.5 Å². The Morgan fingerprint density at radius 1 is 1.07 bits per heavy atom. The number of amides is 1. The third kappa shape index (κ3) is 9.46. The molecule has 0 heterocycles. The van der Waals surface area contributed by atoms with E-state index in [1.807, 2.05) is 6.92 Å². The highest BCUT2D eigenvalue weighted by Gasteiger charge is 2.25. The molecule has 7 nitrogen and oxygen atoms in total. The van der Waals surface area contributed by atoms with Crippen molar-refractivity contribution >= 4 is 20.9 Å². The molecule has 1 atom stereocenters. The maximum absolute atomic E-state index is 11.5. The number of carbonyl (C=O) groups is 2.